The van der Waals surface area contributed by atoms with Crippen LogP contribution in [0.4, 0.5) is 13.2 Å². The van der Waals surface area contributed by atoms with Crippen molar-refractivity contribution in [3.8, 4) is 34.2 Å². The molecule has 15 nitrogen and oxygen atoms in total. The Morgan fingerprint density at radius 1 is 1.03 bits per heavy atom. The highest BCUT2D eigenvalue weighted by Crippen LogP contribution is 2.43. The van der Waals surface area contributed by atoms with E-state index in [-0.39, 0.29) is 57.0 Å². The predicted octanol–water partition coefficient (Wildman–Crippen LogP) is 6.05. The van der Waals surface area contributed by atoms with Crippen LogP contribution in [0.1, 0.15) is 77.3 Å². The van der Waals surface area contributed by atoms with Gasteiger partial charge < -0.3 is 38.5 Å². The fourth-order valence-electron chi connectivity index (χ4n) is 9.69. The smallest absolute Gasteiger partial charge is 0.406 e. The zero-order valence-corrected chi connectivity index (χ0v) is 42.7. The molecule has 6 heterocycles. The molecule has 3 amide bonds. The minimum atomic E-state index is -4.59. The summed E-state index contributed by atoms with van der Waals surface area (Å²) in [5.41, 5.74) is 6.66. The normalized spacial score (nSPS) is 22.4. The van der Waals surface area contributed by atoms with Gasteiger partial charge in [0.1, 0.15) is 17.7 Å². The summed E-state index contributed by atoms with van der Waals surface area (Å²) in [5.74, 6) is 1.37. The van der Waals surface area contributed by atoms with E-state index in [0.29, 0.717) is 77.3 Å². The number of hydrogen-bond acceptors (Lipinski definition) is 11. The molecule has 0 unspecified atom stereocenters. The molecule has 4 atom stereocenters. The second kappa shape index (κ2) is 21.1. The Bertz CT molecular complexity index is 2760. The number of alkyl halides is 3. The molecule has 3 saturated heterocycles. The molecule has 0 spiro atoms. The molecule has 2 aromatic heterocycles. The summed E-state index contributed by atoms with van der Waals surface area (Å²) in [5, 5.41) is 3.43. The second-order valence-corrected chi connectivity index (χ2v) is 21.3. The largest absolute Gasteiger partial charge is 0.464 e. The van der Waals surface area contributed by atoms with Crippen molar-refractivity contribution in [3.63, 3.8) is 0 Å². The summed E-state index contributed by atoms with van der Waals surface area (Å²) < 4.78 is 74.3. The number of hydrazine groups is 1. The van der Waals surface area contributed by atoms with Gasteiger partial charge in [-0.25, -0.2) is 5.43 Å². The van der Waals surface area contributed by atoms with Crippen LogP contribution in [-0.4, -0.2) is 136 Å². The highest BCUT2D eigenvalue weighted by Gasteiger charge is 2.44. The van der Waals surface area contributed by atoms with Crippen molar-refractivity contribution < 1.29 is 56.0 Å². The first kappa shape index (κ1) is 52.7. The van der Waals surface area contributed by atoms with Gasteiger partial charge >= 0.3 is 12.1 Å². The number of amides is 3. The maximum atomic E-state index is 14.8. The molecule has 2 aromatic carbocycles. The molecule has 6 bridgehead atoms. The van der Waals surface area contributed by atoms with Crippen LogP contribution in [0.2, 0.25) is 0 Å². The fraction of sp³-hybridized carbons (Fsp3) is 0.528. The highest BCUT2D eigenvalue weighted by molar-refractivity contribution is 6.27. The van der Waals surface area contributed by atoms with Gasteiger partial charge in [0, 0.05) is 74.1 Å². The third-order valence-electron chi connectivity index (χ3n) is 13.8. The molecular formula is C53H62F3N6O9Si. The number of halogens is 3. The Morgan fingerprint density at radius 3 is 2.47 bits per heavy atom. The van der Waals surface area contributed by atoms with Gasteiger partial charge in [-0.15, -0.1) is 0 Å². The van der Waals surface area contributed by atoms with Crippen LogP contribution in [0.3, 0.4) is 0 Å². The monoisotopic (exact) mass is 1010 g/mol. The second-order valence-electron chi connectivity index (χ2n) is 20.5. The number of carbonyl (C=O) groups is 4. The number of methoxy groups -OCH3 is 1. The van der Waals surface area contributed by atoms with Crippen LogP contribution in [0.15, 0.2) is 60.8 Å². The highest BCUT2D eigenvalue weighted by atomic mass is 28.1. The fourth-order valence-corrected chi connectivity index (χ4v) is 10.1. The molecule has 3 fully saturated rings. The van der Waals surface area contributed by atoms with Crippen molar-refractivity contribution in [1.29, 1.82) is 0 Å². The SMILES string of the molecule is CO[C@@H](C)c1ncccc1-c1c2c3cc(ccc3n1CC(F)(F)F)-c1cccc(c1)C[C@H](NC(=O)[C@@H](COC1CN(C(=O)C#CC3(C)OCCO3)C1)C(C)C)C(=O)N1CCC[C@@]([Si])(N1)C(=O)OCC(C)(C)C2. The minimum Gasteiger partial charge on any atom is -0.464 e. The molecule has 2 N–H and O–H groups in total. The zero-order chi connectivity index (χ0) is 51.8. The number of likely N-dealkylation sites (tertiary alicyclic amines) is 1. The van der Waals surface area contributed by atoms with E-state index in [2.05, 4.69) is 37.8 Å². The summed E-state index contributed by atoms with van der Waals surface area (Å²) in [6, 6.07) is 15.2. The number of pyridine rings is 1. The van der Waals surface area contributed by atoms with Gasteiger partial charge in [-0.3, -0.25) is 29.2 Å². The van der Waals surface area contributed by atoms with Crippen molar-refractivity contribution in [1.82, 2.24) is 30.2 Å². The van der Waals surface area contributed by atoms with Crippen molar-refractivity contribution in [2.45, 2.75) is 109 Å². The molecule has 4 aromatic rings. The summed E-state index contributed by atoms with van der Waals surface area (Å²) >= 11 is 0. The van der Waals surface area contributed by atoms with Crippen molar-refractivity contribution in [3.05, 3.63) is 77.6 Å². The lowest BCUT2D eigenvalue weighted by atomic mass is 9.84. The number of fused-ring (bicyclic) bond motifs is 6. The van der Waals surface area contributed by atoms with E-state index in [0.717, 1.165) is 5.56 Å². The summed E-state index contributed by atoms with van der Waals surface area (Å²) in [6.07, 6.45) is -2.97. The number of aromatic nitrogens is 2. The van der Waals surface area contributed by atoms with Crippen LogP contribution in [0, 0.1) is 29.1 Å². The molecule has 72 heavy (non-hydrogen) atoms. The van der Waals surface area contributed by atoms with E-state index >= 15 is 0 Å². The Labute approximate surface area is 421 Å². The summed E-state index contributed by atoms with van der Waals surface area (Å²) in [6.45, 7) is 11.2. The van der Waals surface area contributed by atoms with Gasteiger partial charge in [0.15, 0.2) is 0 Å². The number of hydrogen-bond donors (Lipinski definition) is 2. The molecule has 3 radical (unpaired) electrons. The molecule has 4 aliphatic heterocycles. The average molecular weight is 1010 g/mol. The van der Waals surface area contributed by atoms with E-state index in [1.165, 1.54) is 16.7 Å². The first-order valence-electron chi connectivity index (χ1n) is 24.4. The maximum Gasteiger partial charge on any atom is 0.406 e. The topological polar surface area (TPSA) is 163 Å². The van der Waals surface area contributed by atoms with E-state index in [1.54, 1.807) is 49.2 Å². The number of carbonyl (C=O) groups excluding carboxylic acids is 4. The minimum absolute atomic E-state index is 0.0246. The van der Waals surface area contributed by atoms with E-state index in [4.69, 9.17) is 23.7 Å². The lowest BCUT2D eigenvalue weighted by Crippen LogP contribution is -2.67. The first-order chi connectivity index (χ1) is 34.1. The quantitative estimate of drug-likeness (QED) is 0.108. The number of esters is 1. The van der Waals surface area contributed by atoms with Gasteiger partial charge in [0.05, 0.1) is 66.2 Å². The van der Waals surface area contributed by atoms with Crippen LogP contribution in [0.5, 0.6) is 0 Å². The van der Waals surface area contributed by atoms with E-state index in [1.807, 2.05) is 58.0 Å². The molecule has 8 rings (SSSR count). The third-order valence-corrected chi connectivity index (χ3v) is 14.4. The van der Waals surface area contributed by atoms with Gasteiger partial charge in [0.2, 0.25) is 11.7 Å². The molecule has 0 saturated carbocycles. The lowest BCUT2D eigenvalue weighted by molar-refractivity contribution is -0.158. The number of rotatable bonds is 10. The Hall–Kier alpha value is -5.62. The lowest BCUT2D eigenvalue weighted by Gasteiger charge is -2.41. The Balaban J connectivity index is 1.13. The predicted molar refractivity (Wildman–Crippen MR) is 261 cm³/mol. The number of cyclic esters (lactones) is 1. The number of benzene rings is 2. The molecule has 4 aliphatic rings. The number of nitrogens with one attached hydrogen (secondary N) is 2. The Kier molecular flexibility index (Phi) is 15.4. The van der Waals surface area contributed by atoms with Crippen LogP contribution in [-0.2, 0) is 62.2 Å². The summed E-state index contributed by atoms with van der Waals surface area (Å²) in [7, 11) is 5.18. The van der Waals surface area contributed by atoms with Gasteiger partial charge in [-0.2, -0.15) is 13.2 Å². The van der Waals surface area contributed by atoms with E-state index < -0.39 is 64.9 Å². The van der Waals surface area contributed by atoms with E-state index in [9.17, 15) is 32.3 Å². The first-order valence-corrected chi connectivity index (χ1v) is 24.9. The van der Waals surface area contributed by atoms with Crippen molar-refractivity contribution in [2.75, 3.05) is 53.2 Å². The number of ether oxygens (including phenoxy) is 5. The van der Waals surface area contributed by atoms with Gasteiger partial charge in [-0.1, -0.05) is 58.0 Å². The zero-order valence-electron chi connectivity index (χ0n) is 41.7. The van der Waals surface area contributed by atoms with Gasteiger partial charge in [-0.05, 0) is 84.5 Å². The summed E-state index contributed by atoms with van der Waals surface area (Å²) in [4.78, 5) is 62.2. The van der Waals surface area contributed by atoms with Crippen LogP contribution < -0.4 is 10.7 Å². The van der Waals surface area contributed by atoms with Crippen molar-refractivity contribution in [2.24, 2.45) is 17.3 Å². The standard InChI is InChI=1S/C53H62F3N6O9Si/c1-32(2)41(29-68-37-27-60(28-37)44(63)16-18-51(6)70-21-22-71-51)47(64)58-42-24-34-11-8-12-35(23-34)36-14-15-43-39(25-36)40(26-50(4,5)31-69-49(66)52(72)17-10-20-62(59-52)48(42)65)46(61(43)30-53(54,55)56)38-13-9-19-57-45(38)33(3)67-7/h8-9,11-15,19,23,25,32-33,37,41-42,59H,10,17,20-22,24,26-31H2,1-7H3,(H,58,64)/t33-,41-,42-,52-/m0/s1. The third kappa shape index (κ3) is 11.7. The van der Waals surface area contributed by atoms with Gasteiger partial charge in [0.25, 0.3) is 11.8 Å². The molecular weight excluding hydrogens is 950 g/mol. The maximum absolute atomic E-state index is 14.8. The molecule has 383 valence electrons. The average Bonchev–Trinajstić information content (AvgIpc) is 3.88. The molecule has 0 aliphatic carbocycles. The number of nitrogens with zero attached hydrogens (tertiary/aromatic N) is 4. The van der Waals surface area contributed by atoms with Crippen LogP contribution >= 0.6 is 0 Å². The molecule has 19 heteroatoms. The Morgan fingerprint density at radius 2 is 1.76 bits per heavy atom. The van der Waals surface area contributed by atoms with Crippen LogP contribution in [0.25, 0.3) is 33.3 Å². The van der Waals surface area contributed by atoms with Crippen molar-refractivity contribution >= 4 is 44.8 Å².